The zero-order valence-electron chi connectivity index (χ0n) is 27.3. The molecule has 0 aliphatic carbocycles. The van der Waals surface area contributed by atoms with E-state index in [4.69, 9.17) is 5.26 Å². The SMILES string of the molecule is C.C.C.C.C.CC(=O)C1CCN(C(C)(C)C)CC1.CC(C)(C)N1CCC(=O)CC1.CC(C)(C)N1CCC(C#N)CC1.[Br-].[CH3-].[Mg+2]. The van der Waals surface area contributed by atoms with Crippen molar-refractivity contribution in [2.24, 2.45) is 11.8 Å². The molecule has 264 valence electrons. The largest absolute Gasteiger partial charge is 2.00 e. The standard InChI is InChI=1S/C11H21NO.C10H18N2.C9H17NO.5CH4.CH3.BrH.Mg/c1-9(13)10-5-7-12(8-6-10)11(2,3)4;1-10(2,3)12-6-4-9(8-11)5-7-12;1-9(2,3)10-6-4-8(11)5-7-10;;;;;;;;/h10H,5-8H2,1-4H3;9H,4-7H2,1-3H3;4-7H2,1-3H3;5*1H4;1H3;1H;/q;;;;;;;;-1;;+2/p-1. The van der Waals surface area contributed by atoms with Gasteiger partial charge in [0.05, 0.1) is 6.07 Å². The molecule has 8 heteroatoms. The number of rotatable bonds is 1. The molecule has 3 saturated heterocycles. The maximum Gasteiger partial charge on any atom is 2.00 e. The minimum absolute atomic E-state index is 0. The summed E-state index contributed by atoms with van der Waals surface area (Å²) in [5, 5.41) is 8.71. The van der Waals surface area contributed by atoms with Crippen molar-refractivity contribution < 1.29 is 26.6 Å². The van der Waals surface area contributed by atoms with Crippen molar-refractivity contribution in [3.05, 3.63) is 7.43 Å². The Morgan fingerprint density at radius 3 is 1.18 bits per heavy atom. The molecule has 0 radical (unpaired) electrons. The third-order valence-corrected chi connectivity index (χ3v) is 7.91. The van der Waals surface area contributed by atoms with Crippen LogP contribution < -0.4 is 17.0 Å². The van der Waals surface area contributed by atoms with Gasteiger partial charge >= 0.3 is 23.1 Å². The van der Waals surface area contributed by atoms with Gasteiger partial charge in [-0.25, -0.2) is 0 Å². The van der Waals surface area contributed by atoms with Crippen LogP contribution in [0.3, 0.4) is 0 Å². The minimum atomic E-state index is 0. The van der Waals surface area contributed by atoms with Gasteiger partial charge in [0.25, 0.3) is 0 Å². The first-order valence-corrected chi connectivity index (χ1v) is 14.1. The maximum absolute atomic E-state index is 11.1. The van der Waals surface area contributed by atoms with Crippen LogP contribution in [-0.4, -0.2) is 105 Å². The first-order valence-electron chi connectivity index (χ1n) is 14.1. The predicted octanol–water partition coefficient (Wildman–Crippen LogP) is 5.81. The van der Waals surface area contributed by atoms with Gasteiger partial charge in [0.2, 0.25) is 0 Å². The number of carbonyl (C=O) groups is 2. The summed E-state index contributed by atoms with van der Waals surface area (Å²) in [7, 11) is 0. The van der Waals surface area contributed by atoms with Gasteiger partial charge < -0.3 is 24.4 Å². The van der Waals surface area contributed by atoms with Gasteiger partial charge in [-0.1, -0.05) is 37.1 Å². The molecular formula is C36H79BrMgN4O2. The Morgan fingerprint density at radius 1 is 0.659 bits per heavy atom. The first kappa shape index (κ1) is 62.7. The molecule has 3 aliphatic rings. The third-order valence-electron chi connectivity index (χ3n) is 7.91. The van der Waals surface area contributed by atoms with Crippen LogP contribution in [-0.2, 0) is 9.59 Å². The summed E-state index contributed by atoms with van der Waals surface area (Å²) in [5.74, 6) is 1.43. The Kier molecular flexibility index (Phi) is 39.9. The second-order valence-corrected chi connectivity index (χ2v) is 13.8. The topological polar surface area (TPSA) is 67.7 Å². The summed E-state index contributed by atoms with van der Waals surface area (Å²) in [6, 6.07) is 2.35. The number of piperidine rings is 3. The van der Waals surface area contributed by atoms with Crippen LogP contribution in [0.4, 0.5) is 0 Å². The van der Waals surface area contributed by atoms with Crippen LogP contribution >= 0.6 is 0 Å². The molecule has 0 saturated carbocycles. The summed E-state index contributed by atoms with van der Waals surface area (Å²) < 4.78 is 0. The van der Waals surface area contributed by atoms with E-state index < -0.39 is 0 Å². The summed E-state index contributed by atoms with van der Waals surface area (Å²) in [4.78, 5) is 29.3. The Hall–Kier alpha value is -0.0438. The van der Waals surface area contributed by atoms with Gasteiger partial charge in [0.1, 0.15) is 11.6 Å². The fourth-order valence-corrected chi connectivity index (χ4v) is 5.06. The molecule has 3 rings (SSSR count). The van der Waals surface area contributed by atoms with E-state index in [1.165, 1.54) is 0 Å². The quantitative estimate of drug-likeness (QED) is 0.254. The van der Waals surface area contributed by atoms with E-state index >= 15 is 0 Å². The number of nitriles is 1. The molecule has 0 aromatic heterocycles. The molecule has 3 heterocycles. The molecule has 6 nitrogen and oxygen atoms in total. The number of likely N-dealkylation sites (tertiary alicyclic amines) is 3. The first-order chi connectivity index (χ1) is 16.4. The molecule has 3 aliphatic heterocycles. The Morgan fingerprint density at radius 2 is 0.932 bits per heavy atom. The minimum Gasteiger partial charge on any atom is -1.00 e. The van der Waals surface area contributed by atoms with Crippen LogP contribution in [0.15, 0.2) is 0 Å². The Bertz CT molecular complexity index is 725. The molecule has 3 fully saturated rings. The number of halogens is 1. The normalized spacial score (nSPS) is 18.1. The summed E-state index contributed by atoms with van der Waals surface area (Å²) >= 11 is 0. The molecule has 0 bridgehead atoms. The van der Waals surface area contributed by atoms with E-state index in [1.807, 2.05) is 0 Å². The van der Waals surface area contributed by atoms with Crippen LogP contribution in [0, 0.1) is 30.6 Å². The monoisotopic (exact) mass is 703 g/mol. The molecular weight excluding hydrogens is 625 g/mol. The van der Waals surface area contributed by atoms with Crippen LogP contribution in [0.2, 0.25) is 0 Å². The van der Waals surface area contributed by atoms with Crippen molar-refractivity contribution in [3.8, 4) is 6.07 Å². The fraction of sp³-hybridized carbons (Fsp3) is 0.889. The van der Waals surface area contributed by atoms with Crippen molar-refractivity contribution in [2.45, 2.75) is 162 Å². The van der Waals surface area contributed by atoms with Crippen LogP contribution in [0.25, 0.3) is 0 Å². The molecule has 0 aromatic rings. The van der Waals surface area contributed by atoms with E-state index in [-0.39, 0.29) is 101 Å². The van der Waals surface area contributed by atoms with Crippen molar-refractivity contribution in [1.82, 2.24) is 14.7 Å². The van der Waals surface area contributed by atoms with Gasteiger partial charge in [0, 0.05) is 54.4 Å². The van der Waals surface area contributed by atoms with Crippen molar-refractivity contribution in [2.75, 3.05) is 39.3 Å². The van der Waals surface area contributed by atoms with Gasteiger partial charge in [0.15, 0.2) is 0 Å². The zero-order chi connectivity index (χ0) is 27.7. The van der Waals surface area contributed by atoms with E-state index in [9.17, 15) is 9.59 Å². The van der Waals surface area contributed by atoms with Crippen molar-refractivity contribution in [3.63, 3.8) is 0 Å². The Labute approximate surface area is 305 Å². The number of ketones is 2. The molecule has 0 amide bonds. The van der Waals surface area contributed by atoms with Gasteiger partial charge in [-0.15, -0.1) is 0 Å². The molecule has 0 spiro atoms. The average Bonchev–Trinajstić information content (AvgIpc) is 2.78. The van der Waals surface area contributed by atoms with E-state index in [2.05, 4.69) is 83.1 Å². The van der Waals surface area contributed by atoms with Crippen LogP contribution in [0.1, 0.15) is 145 Å². The number of nitrogens with zero attached hydrogens (tertiary/aromatic N) is 4. The summed E-state index contributed by atoms with van der Waals surface area (Å²) in [5.41, 5.74) is 0.781. The molecule has 0 unspecified atom stereocenters. The maximum atomic E-state index is 11.1. The predicted molar refractivity (Wildman–Crippen MR) is 196 cm³/mol. The van der Waals surface area contributed by atoms with E-state index in [0.29, 0.717) is 23.4 Å². The molecule has 0 atom stereocenters. The van der Waals surface area contributed by atoms with Gasteiger partial charge in [-0.05, 0) is 121 Å². The fourth-order valence-electron chi connectivity index (χ4n) is 5.06. The second-order valence-electron chi connectivity index (χ2n) is 13.8. The number of hydrogen-bond donors (Lipinski definition) is 0. The smallest absolute Gasteiger partial charge is 1.00 e. The van der Waals surface area contributed by atoms with E-state index in [1.54, 1.807) is 6.92 Å². The molecule has 0 aromatic carbocycles. The zero-order valence-corrected chi connectivity index (χ0v) is 30.3. The van der Waals surface area contributed by atoms with Crippen molar-refractivity contribution >= 4 is 34.6 Å². The third kappa shape index (κ3) is 24.2. The average molecular weight is 704 g/mol. The van der Waals surface area contributed by atoms with Crippen molar-refractivity contribution in [1.29, 1.82) is 5.26 Å². The van der Waals surface area contributed by atoms with Gasteiger partial charge in [-0.3, -0.25) is 24.3 Å². The summed E-state index contributed by atoms with van der Waals surface area (Å²) in [6.45, 7) is 27.9. The molecule has 0 N–H and O–H groups in total. The van der Waals surface area contributed by atoms with E-state index in [0.717, 1.165) is 77.8 Å². The second kappa shape index (κ2) is 28.0. The molecule has 44 heavy (non-hydrogen) atoms. The number of carbonyl (C=O) groups excluding carboxylic acids is 2. The number of hydrogen-bond acceptors (Lipinski definition) is 6. The van der Waals surface area contributed by atoms with Gasteiger partial charge in [-0.2, -0.15) is 5.26 Å². The van der Waals surface area contributed by atoms with Crippen LogP contribution in [0.5, 0.6) is 0 Å². The number of Topliss-reactive ketones (excluding diaryl/α,β-unsaturated/α-hetero) is 2. The Balaban J connectivity index is -0.0000000677. The summed E-state index contributed by atoms with van der Waals surface area (Å²) in [6.07, 6.45) is 5.69.